The molecule has 1 aromatic carbocycles. The van der Waals surface area contributed by atoms with Crippen LogP contribution in [0.2, 0.25) is 0 Å². The van der Waals surface area contributed by atoms with Crippen molar-refractivity contribution < 1.29 is 5.11 Å². The summed E-state index contributed by atoms with van der Waals surface area (Å²) >= 11 is 2.30. The van der Waals surface area contributed by atoms with Crippen LogP contribution in [0.5, 0.6) is 0 Å². The zero-order valence-electron chi connectivity index (χ0n) is 16.8. The van der Waals surface area contributed by atoms with E-state index >= 15 is 0 Å². The summed E-state index contributed by atoms with van der Waals surface area (Å²) in [6.07, 6.45) is 0.343. The normalized spacial score (nSPS) is 14.6. The smallest absolute Gasteiger partial charge is 0.332 e. The van der Waals surface area contributed by atoms with Gasteiger partial charge in [0.2, 0.25) is 5.95 Å². The summed E-state index contributed by atoms with van der Waals surface area (Å²) < 4.78 is 5.68. The molecule has 0 bridgehead atoms. The van der Waals surface area contributed by atoms with E-state index in [9.17, 15) is 14.7 Å². The van der Waals surface area contributed by atoms with Crippen LogP contribution in [-0.2, 0) is 20.1 Å². The number of anilines is 1. The molecule has 0 saturated carbocycles. The van der Waals surface area contributed by atoms with E-state index < -0.39 is 5.69 Å². The summed E-state index contributed by atoms with van der Waals surface area (Å²) in [5, 5.41) is 12.5. The number of aromatic nitrogens is 4. The molecule has 1 aliphatic rings. The molecule has 3 aromatic rings. The number of imidazole rings is 1. The first-order chi connectivity index (χ1) is 14.5. The molecule has 1 aliphatic heterocycles. The second-order valence-electron chi connectivity index (χ2n) is 7.37. The molecule has 9 nitrogen and oxygen atoms in total. The van der Waals surface area contributed by atoms with Gasteiger partial charge in [-0.05, 0) is 40.6 Å². The first-order valence-electron chi connectivity index (χ1n) is 10.0. The minimum atomic E-state index is -0.410. The standard InChI is InChI=1S/C20H25IN6O3/c1-24-17-16(18(29)26(20(24)30)9-4-12-28)27(13-14-5-2-3-6-15(14)21)19(23-17)25-10-7-22-8-11-25/h2-3,5-6,22,28H,4,7-13H2,1H3. The Balaban J connectivity index is 1.96. The van der Waals surface area contributed by atoms with Gasteiger partial charge in [-0.3, -0.25) is 18.5 Å². The van der Waals surface area contributed by atoms with Crippen molar-refractivity contribution in [1.82, 2.24) is 24.0 Å². The molecule has 0 unspecified atom stereocenters. The van der Waals surface area contributed by atoms with Crippen molar-refractivity contribution in [1.29, 1.82) is 0 Å². The Bertz CT molecular complexity index is 1180. The Hall–Kier alpha value is -2.18. The molecule has 0 amide bonds. The molecular weight excluding hydrogens is 499 g/mol. The maximum Gasteiger partial charge on any atom is 0.332 e. The molecule has 1 fully saturated rings. The molecule has 1 saturated heterocycles. The molecular formula is C20H25IN6O3. The van der Waals surface area contributed by atoms with Gasteiger partial charge in [-0.25, -0.2) is 4.79 Å². The number of hydrogen-bond donors (Lipinski definition) is 2. The quantitative estimate of drug-likeness (QED) is 0.452. The van der Waals surface area contributed by atoms with E-state index in [4.69, 9.17) is 4.98 Å². The highest BCUT2D eigenvalue weighted by atomic mass is 127. The highest BCUT2D eigenvalue weighted by Gasteiger charge is 2.24. The number of benzene rings is 1. The number of fused-ring (bicyclic) bond motifs is 1. The Morgan fingerprint density at radius 3 is 2.60 bits per heavy atom. The van der Waals surface area contributed by atoms with Crippen molar-refractivity contribution in [2.24, 2.45) is 7.05 Å². The van der Waals surface area contributed by atoms with E-state index in [2.05, 4.69) is 32.8 Å². The molecule has 160 valence electrons. The fraction of sp³-hybridized carbons (Fsp3) is 0.450. The van der Waals surface area contributed by atoms with Crippen molar-refractivity contribution in [2.45, 2.75) is 19.5 Å². The van der Waals surface area contributed by atoms with Gasteiger partial charge in [-0.15, -0.1) is 0 Å². The van der Waals surface area contributed by atoms with Crippen molar-refractivity contribution in [3.63, 3.8) is 0 Å². The van der Waals surface area contributed by atoms with Crippen LogP contribution in [0.25, 0.3) is 11.2 Å². The predicted octanol–water partition coefficient (Wildman–Crippen LogP) is 0.342. The fourth-order valence-electron chi connectivity index (χ4n) is 3.84. The predicted molar refractivity (Wildman–Crippen MR) is 124 cm³/mol. The highest BCUT2D eigenvalue weighted by Crippen LogP contribution is 2.23. The average Bonchev–Trinajstić information content (AvgIpc) is 3.14. The zero-order chi connectivity index (χ0) is 21.3. The summed E-state index contributed by atoms with van der Waals surface area (Å²) in [5.41, 5.74) is 1.13. The maximum atomic E-state index is 13.4. The van der Waals surface area contributed by atoms with Crippen LogP contribution in [0.1, 0.15) is 12.0 Å². The van der Waals surface area contributed by atoms with E-state index in [0.717, 1.165) is 35.3 Å². The minimum Gasteiger partial charge on any atom is -0.396 e. The summed E-state index contributed by atoms with van der Waals surface area (Å²) in [7, 11) is 1.64. The summed E-state index contributed by atoms with van der Waals surface area (Å²) in [6, 6.07) is 8.05. The van der Waals surface area contributed by atoms with Gasteiger partial charge < -0.3 is 15.3 Å². The summed E-state index contributed by atoms with van der Waals surface area (Å²) in [4.78, 5) is 33.1. The van der Waals surface area contributed by atoms with Crippen LogP contribution in [-0.4, -0.2) is 56.6 Å². The Kier molecular flexibility index (Phi) is 6.25. The fourth-order valence-corrected chi connectivity index (χ4v) is 4.40. The molecule has 30 heavy (non-hydrogen) atoms. The van der Waals surface area contributed by atoms with Crippen LogP contribution in [0.15, 0.2) is 33.9 Å². The lowest BCUT2D eigenvalue weighted by molar-refractivity contribution is 0.277. The van der Waals surface area contributed by atoms with E-state index in [-0.39, 0.29) is 18.7 Å². The van der Waals surface area contributed by atoms with Gasteiger partial charge in [0.05, 0.1) is 6.54 Å². The van der Waals surface area contributed by atoms with Crippen LogP contribution in [0, 0.1) is 3.57 Å². The molecule has 0 radical (unpaired) electrons. The van der Waals surface area contributed by atoms with E-state index in [0.29, 0.717) is 30.1 Å². The SMILES string of the molecule is Cn1c(=O)n(CCCO)c(=O)c2c1nc(N1CCNCC1)n2Cc1ccccc1I. The molecule has 0 atom stereocenters. The Morgan fingerprint density at radius 1 is 1.17 bits per heavy atom. The van der Waals surface area contributed by atoms with Gasteiger partial charge in [0.1, 0.15) is 0 Å². The van der Waals surface area contributed by atoms with Crippen LogP contribution in [0.4, 0.5) is 5.95 Å². The summed E-state index contributed by atoms with van der Waals surface area (Å²) in [6.45, 7) is 3.82. The van der Waals surface area contributed by atoms with Crippen molar-refractivity contribution >= 4 is 39.7 Å². The first kappa shape index (κ1) is 21.1. The lowest BCUT2D eigenvalue weighted by atomic mass is 10.2. The van der Waals surface area contributed by atoms with Crippen molar-refractivity contribution in [3.8, 4) is 0 Å². The summed E-state index contributed by atoms with van der Waals surface area (Å²) in [5.74, 6) is 0.707. The topological polar surface area (TPSA) is 97.3 Å². The van der Waals surface area contributed by atoms with Gasteiger partial charge >= 0.3 is 5.69 Å². The van der Waals surface area contributed by atoms with Gasteiger partial charge in [-0.1, -0.05) is 18.2 Å². The van der Waals surface area contributed by atoms with Crippen LogP contribution in [0.3, 0.4) is 0 Å². The van der Waals surface area contributed by atoms with Crippen LogP contribution >= 0.6 is 22.6 Å². The highest BCUT2D eigenvalue weighted by molar-refractivity contribution is 14.1. The first-order valence-corrected chi connectivity index (χ1v) is 11.1. The molecule has 0 spiro atoms. The molecule has 3 heterocycles. The number of aliphatic hydroxyl groups is 1. The second-order valence-corrected chi connectivity index (χ2v) is 8.54. The monoisotopic (exact) mass is 524 g/mol. The molecule has 4 rings (SSSR count). The van der Waals surface area contributed by atoms with E-state index in [1.165, 1.54) is 9.13 Å². The number of rotatable bonds is 6. The largest absolute Gasteiger partial charge is 0.396 e. The number of hydrogen-bond acceptors (Lipinski definition) is 6. The maximum absolute atomic E-state index is 13.4. The lowest BCUT2D eigenvalue weighted by Crippen LogP contribution is -2.44. The van der Waals surface area contributed by atoms with Crippen LogP contribution < -0.4 is 21.5 Å². The number of piperazine rings is 1. The number of aryl methyl sites for hydroxylation is 1. The van der Waals surface area contributed by atoms with Gasteiger partial charge in [0, 0.05) is 49.9 Å². The van der Waals surface area contributed by atoms with E-state index in [1.54, 1.807) is 7.05 Å². The second kappa shape index (κ2) is 8.90. The van der Waals surface area contributed by atoms with Gasteiger partial charge in [0.15, 0.2) is 11.2 Å². The number of aliphatic hydroxyl groups excluding tert-OH is 1. The molecule has 0 aliphatic carbocycles. The zero-order valence-corrected chi connectivity index (χ0v) is 19.0. The number of nitrogens with zero attached hydrogens (tertiary/aromatic N) is 5. The molecule has 2 N–H and O–H groups in total. The third-order valence-corrected chi connectivity index (χ3v) is 6.49. The number of nitrogens with one attached hydrogen (secondary N) is 1. The Labute approximate surface area is 187 Å². The lowest BCUT2D eigenvalue weighted by Gasteiger charge is -2.28. The van der Waals surface area contributed by atoms with Crippen molar-refractivity contribution in [3.05, 3.63) is 54.2 Å². The van der Waals surface area contributed by atoms with Crippen molar-refractivity contribution in [2.75, 3.05) is 37.7 Å². The third kappa shape index (κ3) is 3.79. The molecule has 2 aromatic heterocycles. The molecule has 10 heteroatoms. The number of halogens is 1. The Morgan fingerprint density at radius 2 is 1.90 bits per heavy atom. The van der Waals surface area contributed by atoms with E-state index in [1.807, 2.05) is 28.8 Å². The minimum absolute atomic E-state index is 0.0822. The third-order valence-electron chi connectivity index (χ3n) is 5.44. The average molecular weight is 524 g/mol. The van der Waals surface area contributed by atoms with Gasteiger partial charge in [0.25, 0.3) is 5.56 Å². The van der Waals surface area contributed by atoms with Gasteiger partial charge in [-0.2, -0.15) is 4.98 Å².